The van der Waals surface area contributed by atoms with Gasteiger partial charge in [-0.1, -0.05) is 18.2 Å². The molecular weight excluding hydrogens is 356 g/mol. The average molecular weight is 368 g/mol. The molecule has 2 aromatic carbocycles. The van der Waals surface area contributed by atoms with Gasteiger partial charge >= 0.3 is 5.00 Å². The predicted octanol–water partition coefficient (Wildman–Crippen LogP) is 3.56. The Bertz CT molecular complexity index is 954. The molecule has 1 heterocycles. The Kier molecular flexibility index (Phi) is 4.99. The zero-order chi connectivity index (χ0) is 18.5. The van der Waals surface area contributed by atoms with Crippen molar-refractivity contribution < 1.29 is 14.5 Å². The van der Waals surface area contributed by atoms with E-state index in [9.17, 15) is 19.7 Å². The molecule has 0 aliphatic heterocycles. The Balaban J connectivity index is 1.64. The number of benzene rings is 2. The van der Waals surface area contributed by atoms with Crippen molar-refractivity contribution in [2.75, 3.05) is 10.6 Å². The van der Waals surface area contributed by atoms with Crippen molar-refractivity contribution in [1.82, 2.24) is 4.98 Å². The fraction of sp³-hybridized carbons (Fsp3) is 0. The van der Waals surface area contributed by atoms with Crippen molar-refractivity contribution in [3.05, 3.63) is 82.0 Å². The normalized spacial score (nSPS) is 10.2. The topological polar surface area (TPSA) is 114 Å². The monoisotopic (exact) mass is 368 g/mol. The molecule has 130 valence electrons. The third-order valence-electron chi connectivity index (χ3n) is 3.33. The summed E-state index contributed by atoms with van der Waals surface area (Å²) in [6.07, 6.45) is 1.09. The minimum absolute atomic E-state index is 0.142. The first-order valence-electron chi connectivity index (χ1n) is 7.41. The summed E-state index contributed by atoms with van der Waals surface area (Å²) in [6.45, 7) is 0. The van der Waals surface area contributed by atoms with E-state index >= 15 is 0 Å². The molecule has 0 atom stereocenters. The first-order chi connectivity index (χ1) is 12.5. The highest BCUT2D eigenvalue weighted by Crippen LogP contribution is 2.25. The number of hydrogen-bond donors (Lipinski definition) is 2. The van der Waals surface area contributed by atoms with Crippen LogP contribution in [0.3, 0.4) is 0 Å². The van der Waals surface area contributed by atoms with Gasteiger partial charge in [0.05, 0.1) is 4.92 Å². The molecule has 0 aliphatic rings. The van der Waals surface area contributed by atoms with E-state index in [0.717, 1.165) is 17.5 Å². The minimum atomic E-state index is -0.572. The standard InChI is InChI=1S/C17H12N4O4S/c22-15(11-4-2-1-3-5-11)19-13-8-6-12(7-9-13)16(23)20-17-18-10-14(26-17)21(24)25/h1-10H,(H,19,22)(H,18,20,23). The van der Waals surface area contributed by atoms with Crippen LogP contribution in [0.5, 0.6) is 0 Å². The predicted molar refractivity (Wildman–Crippen MR) is 97.6 cm³/mol. The van der Waals surface area contributed by atoms with E-state index < -0.39 is 10.8 Å². The first-order valence-corrected chi connectivity index (χ1v) is 8.22. The van der Waals surface area contributed by atoms with Crippen LogP contribution in [0.1, 0.15) is 20.7 Å². The average Bonchev–Trinajstić information content (AvgIpc) is 3.12. The molecule has 0 spiro atoms. The maximum atomic E-state index is 12.1. The highest BCUT2D eigenvalue weighted by Gasteiger charge is 2.14. The molecule has 9 heteroatoms. The second-order valence-corrected chi connectivity index (χ2v) is 6.12. The van der Waals surface area contributed by atoms with E-state index in [1.54, 1.807) is 36.4 Å². The summed E-state index contributed by atoms with van der Waals surface area (Å²) in [7, 11) is 0. The summed E-state index contributed by atoms with van der Waals surface area (Å²) in [5.74, 6) is -0.701. The largest absolute Gasteiger partial charge is 0.345 e. The lowest BCUT2D eigenvalue weighted by Crippen LogP contribution is -2.13. The molecule has 0 saturated heterocycles. The molecule has 8 nitrogen and oxygen atoms in total. The maximum absolute atomic E-state index is 12.1. The number of hydrogen-bond acceptors (Lipinski definition) is 6. The van der Waals surface area contributed by atoms with E-state index in [1.165, 1.54) is 12.1 Å². The number of anilines is 2. The fourth-order valence-electron chi connectivity index (χ4n) is 2.07. The van der Waals surface area contributed by atoms with Gasteiger partial charge in [0.25, 0.3) is 11.8 Å². The summed E-state index contributed by atoms with van der Waals surface area (Å²) in [6, 6.07) is 15.0. The third kappa shape index (κ3) is 4.08. The Morgan fingerprint density at radius 3 is 2.15 bits per heavy atom. The molecule has 0 radical (unpaired) electrons. The maximum Gasteiger partial charge on any atom is 0.345 e. The number of carbonyl (C=O) groups is 2. The number of thiazole rings is 1. The summed E-state index contributed by atoms with van der Waals surface area (Å²) in [5, 5.41) is 15.8. The molecule has 0 aliphatic carbocycles. The molecule has 2 N–H and O–H groups in total. The number of carbonyl (C=O) groups excluding carboxylic acids is 2. The summed E-state index contributed by atoms with van der Waals surface area (Å²) >= 11 is 0.774. The van der Waals surface area contributed by atoms with Crippen molar-refractivity contribution >= 4 is 39.0 Å². The van der Waals surface area contributed by atoms with E-state index in [1.807, 2.05) is 6.07 Å². The second-order valence-electron chi connectivity index (χ2n) is 5.11. The first kappa shape index (κ1) is 17.2. The number of rotatable bonds is 5. The van der Waals surface area contributed by atoms with Crippen LogP contribution in [0.15, 0.2) is 60.8 Å². The van der Waals surface area contributed by atoms with Crippen LogP contribution < -0.4 is 10.6 Å². The van der Waals surface area contributed by atoms with E-state index in [0.29, 0.717) is 16.8 Å². The molecular formula is C17H12N4O4S. The summed E-state index contributed by atoms with van der Waals surface area (Å²) in [5.41, 5.74) is 1.40. The van der Waals surface area contributed by atoms with Crippen molar-refractivity contribution in [2.24, 2.45) is 0 Å². The van der Waals surface area contributed by atoms with Crippen LogP contribution in [-0.2, 0) is 0 Å². The molecule has 3 rings (SSSR count). The Labute approximate surface area is 151 Å². The van der Waals surface area contributed by atoms with Crippen molar-refractivity contribution in [2.45, 2.75) is 0 Å². The zero-order valence-corrected chi connectivity index (χ0v) is 14.0. The number of amides is 2. The van der Waals surface area contributed by atoms with E-state index in [-0.39, 0.29) is 16.0 Å². The molecule has 0 fully saturated rings. The van der Waals surface area contributed by atoms with E-state index in [2.05, 4.69) is 15.6 Å². The smallest absolute Gasteiger partial charge is 0.322 e. The van der Waals surface area contributed by atoms with Gasteiger partial charge in [0.15, 0.2) is 5.13 Å². The van der Waals surface area contributed by atoms with Gasteiger partial charge in [-0.05, 0) is 47.7 Å². The molecule has 3 aromatic rings. The van der Waals surface area contributed by atoms with Gasteiger partial charge in [-0.3, -0.25) is 25.0 Å². The van der Waals surface area contributed by atoms with Crippen molar-refractivity contribution in [3.63, 3.8) is 0 Å². The number of nitro groups is 1. The Hall–Kier alpha value is -3.59. The van der Waals surface area contributed by atoms with Gasteiger partial charge in [-0.2, -0.15) is 0 Å². The number of aromatic nitrogens is 1. The Morgan fingerprint density at radius 1 is 0.923 bits per heavy atom. The van der Waals surface area contributed by atoms with Crippen LogP contribution >= 0.6 is 11.3 Å². The summed E-state index contributed by atoms with van der Waals surface area (Å²) < 4.78 is 0. The zero-order valence-electron chi connectivity index (χ0n) is 13.2. The Morgan fingerprint density at radius 2 is 1.54 bits per heavy atom. The van der Waals surface area contributed by atoms with E-state index in [4.69, 9.17) is 0 Å². The van der Waals surface area contributed by atoms with Gasteiger partial charge in [0.1, 0.15) is 6.20 Å². The second kappa shape index (κ2) is 7.53. The molecule has 0 unspecified atom stereocenters. The summed E-state index contributed by atoms with van der Waals surface area (Å²) in [4.78, 5) is 38.1. The lowest BCUT2D eigenvalue weighted by Gasteiger charge is -2.06. The van der Waals surface area contributed by atoms with Gasteiger partial charge in [-0.15, -0.1) is 0 Å². The molecule has 26 heavy (non-hydrogen) atoms. The SMILES string of the molecule is O=C(Nc1ccc(C(=O)Nc2ncc([N+](=O)[O-])s2)cc1)c1ccccc1. The van der Waals surface area contributed by atoms with Crippen LogP contribution in [0.4, 0.5) is 15.8 Å². The van der Waals surface area contributed by atoms with Crippen LogP contribution in [0, 0.1) is 10.1 Å². The van der Waals surface area contributed by atoms with Gasteiger partial charge in [0.2, 0.25) is 0 Å². The van der Waals surface area contributed by atoms with Crippen molar-refractivity contribution in [3.8, 4) is 0 Å². The molecule has 2 amide bonds. The van der Waals surface area contributed by atoms with Crippen LogP contribution in [-0.4, -0.2) is 21.7 Å². The van der Waals surface area contributed by atoms with Crippen LogP contribution in [0.25, 0.3) is 0 Å². The highest BCUT2D eigenvalue weighted by atomic mass is 32.1. The molecule has 0 saturated carbocycles. The highest BCUT2D eigenvalue weighted by molar-refractivity contribution is 7.18. The number of nitrogens with zero attached hydrogens (tertiary/aromatic N) is 2. The lowest BCUT2D eigenvalue weighted by molar-refractivity contribution is -0.380. The fourth-order valence-corrected chi connectivity index (χ4v) is 2.70. The lowest BCUT2D eigenvalue weighted by atomic mass is 10.1. The molecule has 1 aromatic heterocycles. The van der Waals surface area contributed by atoms with Gasteiger partial charge in [0, 0.05) is 16.8 Å². The minimum Gasteiger partial charge on any atom is -0.322 e. The quantitative estimate of drug-likeness (QED) is 0.528. The third-order valence-corrected chi connectivity index (χ3v) is 4.20. The van der Waals surface area contributed by atoms with Crippen molar-refractivity contribution in [1.29, 1.82) is 0 Å². The number of nitrogens with one attached hydrogen (secondary N) is 2. The van der Waals surface area contributed by atoms with Gasteiger partial charge in [-0.25, -0.2) is 4.98 Å². The van der Waals surface area contributed by atoms with Gasteiger partial charge < -0.3 is 5.32 Å². The molecule has 0 bridgehead atoms. The van der Waals surface area contributed by atoms with Crippen LogP contribution in [0.2, 0.25) is 0 Å².